The van der Waals surface area contributed by atoms with Crippen molar-refractivity contribution in [2.75, 3.05) is 5.32 Å². The summed E-state index contributed by atoms with van der Waals surface area (Å²) in [5, 5.41) is 15.7. The first-order valence-electron chi connectivity index (χ1n) is 5.24. The maximum atomic E-state index is 9.58. The van der Waals surface area contributed by atoms with Gasteiger partial charge in [0.25, 0.3) is 0 Å². The quantitative estimate of drug-likeness (QED) is 0.854. The molecule has 1 aromatic carbocycles. The highest BCUT2D eigenvalue weighted by Gasteiger charge is 2.02. The van der Waals surface area contributed by atoms with E-state index in [1.165, 1.54) is 0 Å². The van der Waals surface area contributed by atoms with Crippen molar-refractivity contribution >= 4 is 16.5 Å². The van der Waals surface area contributed by atoms with Gasteiger partial charge in [0.15, 0.2) is 5.13 Å². The average Bonchev–Trinajstić information content (AvgIpc) is 2.76. The largest absolute Gasteiger partial charge is 0.508 e. The zero-order valence-electron chi connectivity index (χ0n) is 9.10. The molecule has 0 unspecified atom stereocenters. The molecule has 1 heterocycles. The highest BCUT2D eigenvalue weighted by molar-refractivity contribution is 7.13. The number of benzene rings is 1. The summed E-state index contributed by atoms with van der Waals surface area (Å²) >= 11 is 1.60. The fraction of sp³-hybridized carbons (Fsp3) is 0.250. The number of nitrogens with zero attached hydrogens (tertiary/aromatic N) is 1. The Labute approximate surface area is 98.8 Å². The molecule has 2 rings (SSSR count). The molecule has 0 bridgehead atoms. The topological polar surface area (TPSA) is 45.1 Å². The smallest absolute Gasteiger partial charge is 0.183 e. The minimum atomic E-state index is 0.322. The van der Waals surface area contributed by atoms with E-state index in [2.05, 4.69) is 17.2 Å². The number of phenols is 1. The Bertz CT molecular complexity index is 468. The van der Waals surface area contributed by atoms with Gasteiger partial charge in [-0.1, -0.05) is 25.1 Å². The van der Waals surface area contributed by atoms with Gasteiger partial charge in [0, 0.05) is 17.5 Å². The summed E-state index contributed by atoms with van der Waals surface area (Å²) in [5.74, 6) is 0.322. The second kappa shape index (κ2) is 4.99. The number of rotatable bonds is 4. The highest BCUT2D eigenvalue weighted by Crippen LogP contribution is 2.20. The molecular formula is C12H14N2OS. The van der Waals surface area contributed by atoms with E-state index in [9.17, 15) is 5.11 Å². The fourth-order valence-electron chi connectivity index (χ4n) is 1.38. The van der Waals surface area contributed by atoms with Gasteiger partial charge in [0.2, 0.25) is 0 Å². The van der Waals surface area contributed by atoms with Crippen molar-refractivity contribution < 1.29 is 5.11 Å². The Morgan fingerprint density at radius 1 is 1.38 bits per heavy atom. The maximum absolute atomic E-state index is 9.58. The lowest BCUT2D eigenvalue weighted by Gasteiger charge is -2.04. The first-order chi connectivity index (χ1) is 7.79. The number of para-hydroxylation sites is 1. The van der Waals surface area contributed by atoms with E-state index in [1.807, 2.05) is 23.6 Å². The molecule has 84 valence electrons. The van der Waals surface area contributed by atoms with Crippen LogP contribution < -0.4 is 5.32 Å². The highest BCUT2D eigenvalue weighted by atomic mass is 32.1. The minimum absolute atomic E-state index is 0.322. The number of hydrogen-bond donors (Lipinski definition) is 2. The van der Waals surface area contributed by atoms with Gasteiger partial charge < -0.3 is 10.4 Å². The normalized spacial score (nSPS) is 10.3. The number of aromatic nitrogens is 1. The van der Waals surface area contributed by atoms with Gasteiger partial charge in [-0.15, -0.1) is 11.3 Å². The summed E-state index contributed by atoms with van der Waals surface area (Å²) in [6, 6.07) is 7.32. The molecule has 0 amide bonds. The van der Waals surface area contributed by atoms with Crippen molar-refractivity contribution in [2.45, 2.75) is 19.9 Å². The van der Waals surface area contributed by atoms with Gasteiger partial charge in [0.05, 0.1) is 5.69 Å². The van der Waals surface area contributed by atoms with Gasteiger partial charge in [0.1, 0.15) is 5.75 Å². The van der Waals surface area contributed by atoms with Crippen LogP contribution in [0.25, 0.3) is 0 Å². The Hall–Kier alpha value is -1.55. The van der Waals surface area contributed by atoms with Crippen molar-refractivity contribution in [3.8, 4) is 5.75 Å². The van der Waals surface area contributed by atoms with Crippen LogP contribution in [0.1, 0.15) is 18.2 Å². The van der Waals surface area contributed by atoms with E-state index in [-0.39, 0.29) is 0 Å². The van der Waals surface area contributed by atoms with E-state index in [1.54, 1.807) is 17.4 Å². The lowest BCUT2D eigenvalue weighted by atomic mass is 10.2. The van der Waals surface area contributed by atoms with E-state index < -0.39 is 0 Å². The zero-order chi connectivity index (χ0) is 11.4. The van der Waals surface area contributed by atoms with Crippen molar-refractivity contribution in [2.24, 2.45) is 0 Å². The van der Waals surface area contributed by atoms with Crippen LogP contribution in [0.15, 0.2) is 29.6 Å². The SMILES string of the molecule is CCc1csc(NCc2ccccc2O)n1. The Morgan fingerprint density at radius 2 is 2.19 bits per heavy atom. The van der Waals surface area contributed by atoms with Crippen molar-refractivity contribution in [1.29, 1.82) is 0 Å². The van der Waals surface area contributed by atoms with E-state index in [0.29, 0.717) is 12.3 Å². The number of hydrogen-bond acceptors (Lipinski definition) is 4. The van der Waals surface area contributed by atoms with E-state index in [0.717, 1.165) is 22.8 Å². The molecular weight excluding hydrogens is 220 g/mol. The lowest BCUT2D eigenvalue weighted by Crippen LogP contribution is -1.99. The standard InChI is InChI=1S/C12H14N2OS/c1-2-10-8-16-12(14-10)13-7-9-5-3-4-6-11(9)15/h3-6,8,15H,2,7H2,1H3,(H,13,14). The Balaban J connectivity index is 1.99. The fourth-order valence-corrected chi connectivity index (χ4v) is 2.17. The number of anilines is 1. The predicted molar refractivity (Wildman–Crippen MR) is 66.9 cm³/mol. The summed E-state index contributed by atoms with van der Waals surface area (Å²) in [6.07, 6.45) is 0.953. The third kappa shape index (κ3) is 2.52. The number of phenolic OH excluding ortho intramolecular Hbond substituents is 1. The Kier molecular flexibility index (Phi) is 3.41. The molecule has 2 N–H and O–H groups in total. The molecule has 0 radical (unpaired) electrons. The molecule has 16 heavy (non-hydrogen) atoms. The third-order valence-electron chi connectivity index (χ3n) is 2.34. The molecule has 0 aliphatic rings. The molecule has 1 aromatic heterocycles. The summed E-state index contributed by atoms with van der Waals surface area (Å²) < 4.78 is 0. The van der Waals surface area contributed by atoms with Crippen LogP contribution in [0.4, 0.5) is 5.13 Å². The number of thiazole rings is 1. The molecule has 0 aliphatic heterocycles. The zero-order valence-corrected chi connectivity index (χ0v) is 9.92. The molecule has 0 spiro atoms. The summed E-state index contributed by atoms with van der Waals surface area (Å²) in [6.45, 7) is 2.69. The van der Waals surface area contributed by atoms with E-state index >= 15 is 0 Å². The van der Waals surface area contributed by atoms with Crippen molar-refractivity contribution in [1.82, 2.24) is 4.98 Å². The number of aromatic hydroxyl groups is 1. The monoisotopic (exact) mass is 234 g/mol. The number of nitrogens with one attached hydrogen (secondary N) is 1. The molecule has 0 aliphatic carbocycles. The molecule has 0 saturated carbocycles. The first kappa shape index (κ1) is 11.0. The molecule has 4 heteroatoms. The van der Waals surface area contributed by atoms with Crippen LogP contribution in [-0.2, 0) is 13.0 Å². The van der Waals surface area contributed by atoms with Gasteiger partial charge >= 0.3 is 0 Å². The average molecular weight is 234 g/mol. The lowest BCUT2D eigenvalue weighted by molar-refractivity contribution is 0.469. The maximum Gasteiger partial charge on any atom is 0.183 e. The second-order valence-corrected chi connectivity index (χ2v) is 4.34. The molecule has 3 nitrogen and oxygen atoms in total. The van der Waals surface area contributed by atoms with Gasteiger partial charge in [-0.3, -0.25) is 0 Å². The molecule has 2 aromatic rings. The van der Waals surface area contributed by atoms with Crippen LogP contribution >= 0.6 is 11.3 Å². The molecule has 0 atom stereocenters. The first-order valence-corrected chi connectivity index (χ1v) is 6.12. The second-order valence-electron chi connectivity index (χ2n) is 3.48. The van der Waals surface area contributed by atoms with Crippen LogP contribution in [-0.4, -0.2) is 10.1 Å². The van der Waals surface area contributed by atoms with E-state index in [4.69, 9.17) is 0 Å². The molecule has 0 fully saturated rings. The third-order valence-corrected chi connectivity index (χ3v) is 3.18. The minimum Gasteiger partial charge on any atom is -0.508 e. The van der Waals surface area contributed by atoms with Gasteiger partial charge in [-0.05, 0) is 12.5 Å². The van der Waals surface area contributed by atoms with Gasteiger partial charge in [-0.2, -0.15) is 0 Å². The van der Waals surface area contributed by atoms with Crippen molar-refractivity contribution in [3.05, 3.63) is 40.9 Å². The summed E-state index contributed by atoms with van der Waals surface area (Å²) in [4.78, 5) is 4.40. The van der Waals surface area contributed by atoms with Crippen LogP contribution in [0.2, 0.25) is 0 Å². The summed E-state index contributed by atoms with van der Waals surface area (Å²) in [7, 11) is 0. The van der Waals surface area contributed by atoms with Crippen molar-refractivity contribution in [3.63, 3.8) is 0 Å². The van der Waals surface area contributed by atoms with Gasteiger partial charge in [-0.25, -0.2) is 4.98 Å². The molecule has 0 saturated heterocycles. The number of aryl methyl sites for hydroxylation is 1. The predicted octanol–water partition coefficient (Wildman–Crippen LogP) is 3.02. The Morgan fingerprint density at radius 3 is 2.88 bits per heavy atom. The van der Waals surface area contributed by atoms with Crippen LogP contribution in [0.5, 0.6) is 5.75 Å². The van der Waals surface area contributed by atoms with Crippen LogP contribution in [0, 0.1) is 0 Å². The van der Waals surface area contributed by atoms with Crippen LogP contribution in [0.3, 0.4) is 0 Å². The summed E-state index contributed by atoms with van der Waals surface area (Å²) in [5.41, 5.74) is 1.99.